The molecule has 82 valence electrons. The molecule has 0 bridgehead atoms. The van der Waals surface area contributed by atoms with Crippen LogP contribution in [0.2, 0.25) is 0 Å². The van der Waals surface area contributed by atoms with E-state index in [-0.39, 0.29) is 0 Å². The Morgan fingerprint density at radius 1 is 1.20 bits per heavy atom. The van der Waals surface area contributed by atoms with Crippen molar-refractivity contribution in [2.75, 3.05) is 0 Å². The SMILES string of the molecule is CC(Br)C(C)c1ncnc2c1CCCC2. The van der Waals surface area contributed by atoms with Crippen LogP contribution in [0.5, 0.6) is 0 Å². The summed E-state index contributed by atoms with van der Waals surface area (Å²) in [4.78, 5) is 9.34. The maximum absolute atomic E-state index is 4.47. The lowest BCUT2D eigenvalue weighted by Crippen LogP contribution is -2.15. The molecule has 0 spiro atoms. The summed E-state index contributed by atoms with van der Waals surface area (Å²) in [5.74, 6) is 0.472. The summed E-state index contributed by atoms with van der Waals surface area (Å²) < 4.78 is 0. The molecular formula is C12H17BrN2. The molecule has 3 heteroatoms. The smallest absolute Gasteiger partial charge is 0.115 e. The van der Waals surface area contributed by atoms with Gasteiger partial charge in [0, 0.05) is 16.4 Å². The first-order valence-corrected chi connectivity index (χ1v) is 6.58. The van der Waals surface area contributed by atoms with Crippen molar-refractivity contribution in [3.8, 4) is 0 Å². The second-order valence-electron chi connectivity index (χ2n) is 4.36. The fourth-order valence-electron chi connectivity index (χ4n) is 2.16. The van der Waals surface area contributed by atoms with Crippen molar-refractivity contribution in [2.24, 2.45) is 0 Å². The van der Waals surface area contributed by atoms with Crippen molar-refractivity contribution in [3.63, 3.8) is 0 Å². The van der Waals surface area contributed by atoms with E-state index < -0.39 is 0 Å². The summed E-state index contributed by atoms with van der Waals surface area (Å²) in [6.45, 7) is 4.42. The standard InChI is InChI=1S/C12H17BrN2/c1-8(9(2)13)12-10-5-3-4-6-11(10)14-7-15-12/h7-9H,3-6H2,1-2H3. The quantitative estimate of drug-likeness (QED) is 0.770. The Labute approximate surface area is 99.7 Å². The third kappa shape index (κ3) is 2.22. The maximum Gasteiger partial charge on any atom is 0.115 e. The Kier molecular flexibility index (Phi) is 3.39. The minimum absolute atomic E-state index is 0.471. The Hall–Kier alpha value is -0.440. The molecule has 0 saturated heterocycles. The van der Waals surface area contributed by atoms with Crippen LogP contribution >= 0.6 is 15.9 Å². The number of aromatic nitrogens is 2. The van der Waals surface area contributed by atoms with Crippen LogP contribution in [0.3, 0.4) is 0 Å². The molecule has 0 aromatic carbocycles. The Morgan fingerprint density at radius 2 is 1.93 bits per heavy atom. The van der Waals surface area contributed by atoms with Crippen LogP contribution in [0.1, 0.15) is 49.6 Å². The summed E-state index contributed by atoms with van der Waals surface area (Å²) in [5.41, 5.74) is 3.96. The van der Waals surface area contributed by atoms with Gasteiger partial charge < -0.3 is 0 Å². The van der Waals surface area contributed by atoms with Crippen molar-refractivity contribution >= 4 is 15.9 Å². The summed E-state index contributed by atoms with van der Waals surface area (Å²) in [6.07, 6.45) is 6.59. The Bertz CT molecular complexity index is 349. The molecule has 0 aliphatic heterocycles. The van der Waals surface area contributed by atoms with Gasteiger partial charge in [-0.2, -0.15) is 0 Å². The molecule has 0 amide bonds. The largest absolute Gasteiger partial charge is 0.241 e. The van der Waals surface area contributed by atoms with E-state index in [1.807, 2.05) is 0 Å². The van der Waals surface area contributed by atoms with Crippen molar-refractivity contribution in [1.29, 1.82) is 0 Å². The molecule has 1 aromatic rings. The predicted molar refractivity (Wildman–Crippen MR) is 65.5 cm³/mol. The highest BCUT2D eigenvalue weighted by Gasteiger charge is 2.21. The van der Waals surface area contributed by atoms with Gasteiger partial charge in [-0.15, -0.1) is 0 Å². The molecule has 15 heavy (non-hydrogen) atoms. The number of aryl methyl sites for hydroxylation is 1. The van der Waals surface area contributed by atoms with Crippen LogP contribution in [0, 0.1) is 0 Å². The zero-order valence-electron chi connectivity index (χ0n) is 9.33. The minimum atomic E-state index is 0.471. The maximum atomic E-state index is 4.47. The van der Waals surface area contributed by atoms with E-state index in [0.29, 0.717) is 10.7 Å². The zero-order valence-corrected chi connectivity index (χ0v) is 10.9. The van der Waals surface area contributed by atoms with Crippen LogP contribution in [0.4, 0.5) is 0 Å². The van der Waals surface area contributed by atoms with Gasteiger partial charge in [0.25, 0.3) is 0 Å². The van der Waals surface area contributed by atoms with Gasteiger partial charge in [-0.1, -0.05) is 29.8 Å². The fraction of sp³-hybridized carbons (Fsp3) is 0.667. The van der Waals surface area contributed by atoms with Gasteiger partial charge in [-0.05, 0) is 31.2 Å². The van der Waals surface area contributed by atoms with Crippen LogP contribution in [0.25, 0.3) is 0 Å². The van der Waals surface area contributed by atoms with E-state index in [1.165, 1.54) is 29.8 Å². The Morgan fingerprint density at radius 3 is 2.67 bits per heavy atom. The van der Waals surface area contributed by atoms with E-state index in [0.717, 1.165) is 12.8 Å². The van der Waals surface area contributed by atoms with Gasteiger partial charge >= 0.3 is 0 Å². The third-order valence-corrected chi connectivity index (χ3v) is 4.07. The van der Waals surface area contributed by atoms with E-state index in [2.05, 4.69) is 39.7 Å². The molecule has 0 saturated carbocycles. The molecule has 2 unspecified atom stereocenters. The highest BCUT2D eigenvalue weighted by atomic mass is 79.9. The van der Waals surface area contributed by atoms with Gasteiger partial charge in [0.1, 0.15) is 6.33 Å². The molecule has 1 aromatic heterocycles. The normalized spacial score (nSPS) is 19.4. The Balaban J connectivity index is 2.39. The third-order valence-electron chi connectivity index (χ3n) is 3.28. The number of hydrogen-bond acceptors (Lipinski definition) is 2. The molecule has 0 radical (unpaired) electrons. The second kappa shape index (κ2) is 4.60. The van der Waals surface area contributed by atoms with Crippen molar-refractivity contribution in [1.82, 2.24) is 9.97 Å². The fourth-order valence-corrected chi connectivity index (χ4v) is 2.41. The lowest BCUT2D eigenvalue weighted by molar-refractivity contribution is 0.628. The number of rotatable bonds is 2. The van der Waals surface area contributed by atoms with Crippen LogP contribution in [-0.4, -0.2) is 14.8 Å². The average Bonchev–Trinajstić information content (AvgIpc) is 2.27. The summed E-state index contributed by atoms with van der Waals surface area (Å²) in [7, 11) is 0. The van der Waals surface area contributed by atoms with Crippen molar-refractivity contribution in [2.45, 2.75) is 50.3 Å². The molecule has 2 nitrogen and oxygen atoms in total. The summed E-state index contributed by atoms with van der Waals surface area (Å²) in [6, 6.07) is 0. The lowest BCUT2D eigenvalue weighted by Gasteiger charge is -2.22. The van der Waals surface area contributed by atoms with Crippen LogP contribution in [0.15, 0.2) is 6.33 Å². The minimum Gasteiger partial charge on any atom is -0.241 e. The molecule has 1 heterocycles. The molecular weight excluding hydrogens is 252 g/mol. The molecule has 2 atom stereocenters. The molecule has 1 aliphatic carbocycles. The van der Waals surface area contributed by atoms with E-state index >= 15 is 0 Å². The predicted octanol–water partition coefficient (Wildman–Crippen LogP) is 3.24. The van der Waals surface area contributed by atoms with E-state index in [1.54, 1.807) is 6.33 Å². The zero-order chi connectivity index (χ0) is 10.8. The summed E-state index contributed by atoms with van der Waals surface area (Å²) >= 11 is 3.64. The molecule has 0 fully saturated rings. The van der Waals surface area contributed by atoms with E-state index in [9.17, 15) is 0 Å². The van der Waals surface area contributed by atoms with Crippen LogP contribution in [-0.2, 0) is 12.8 Å². The first kappa shape index (κ1) is 11.1. The van der Waals surface area contributed by atoms with Crippen molar-refractivity contribution < 1.29 is 0 Å². The van der Waals surface area contributed by atoms with Gasteiger partial charge in [0.15, 0.2) is 0 Å². The van der Waals surface area contributed by atoms with Crippen LogP contribution < -0.4 is 0 Å². The molecule has 0 N–H and O–H groups in total. The van der Waals surface area contributed by atoms with Gasteiger partial charge in [0.2, 0.25) is 0 Å². The monoisotopic (exact) mass is 268 g/mol. The molecule has 1 aliphatic rings. The number of hydrogen-bond donors (Lipinski definition) is 0. The number of nitrogens with zero attached hydrogens (tertiary/aromatic N) is 2. The van der Waals surface area contributed by atoms with E-state index in [4.69, 9.17) is 0 Å². The number of halogens is 1. The molecule has 2 rings (SSSR count). The van der Waals surface area contributed by atoms with Gasteiger partial charge in [-0.25, -0.2) is 9.97 Å². The number of fused-ring (bicyclic) bond motifs is 1. The second-order valence-corrected chi connectivity index (χ2v) is 5.80. The van der Waals surface area contributed by atoms with Crippen molar-refractivity contribution in [3.05, 3.63) is 23.3 Å². The highest BCUT2D eigenvalue weighted by Crippen LogP contribution is 2.29. The topological polar surface area (TPSA) is 25.8 Å². The van der Waals surface area contributed by atoms with Gasteiger partial charge in [-0.3, -0.25) is 0 Å². The highest BCUT2D eigenvalue weighted by molar-refractivity contribution is 9.09. The summed E-state index contributed by atoms with van der Waals surface area (Å²) in [5, 5.41) is 0. The van der Waals surface area contributed by atoms with Gasteiger partial charge in [0.05, 0.1) is 5.69 Å². The number of alkyl halides is 1. The average molecular weight is 269 g/mol. The lowest BCUT2D eigenvalue weighted by atomic mass is 9.90. The first-order valence-electron chi connectivity index (χ1n) is 5.67. The first-order chi connectivity index (χ1) is 7.20.